The summed E-state index contributed by atoms with van der Waals surface area (Å²) < 4.78 is 8.02. The highest BCUT2D eigenvalue weighted by Gasteiger charge is 2.42. The molecule has 2 aromatic carbocycles. The number of aromatic nitrogens is 2. The van der Waals surface area contributed by atoms with Gasteiger partial charge >= 0.3 is 0 Å². The number of ether oxygens (including phenoxy) is 1. The van der Waals surface area contributed by atoms with Gasteiger partial charge < -0.3 is 24.8 Å². The molecule has 1 amide bonds. The number of amides is 1. The summed E-state index contributed by atoms with van der Waals surface area (Å²) in [5.74, 6) is 0.499. The third kappa shape index (κ3) is 4.95. The van der Waals surface area contributed by atoms with Crippen LogP contribution in [-0.4, -0.2) is 27.7 Å². The second-order valence-electron chi connectivity index (χ2n) is 10.2. The summed E-state index contributed by atoms with van der Waals surface area (Å²) in [5.41, 5.74) is 9.46. The first-order valence-corrected chi connectivity index (χ1v) is 13.9. The smallest absolute Gasteiger partial charge is 0.224 e. The Kier molecular flexibility index (Phi) is 7.63. The number of anilines is 2. The van der Waals surface area contributed by atoms with E-state index in [-0.39, 0.29) is 18.0 Å². The molecule has 2 aromatic heterocycles. The molecule has 3 heterocycles. The van der Waals surface area contributed by atoms with Crippen molar-refractivity contribution in [2.45, 2.75) is 53.1 Å². The van der Waals surface area contributed by atoms with E-state index in [4.69, 9.17) is 21.9 Å². The van der Waals surface area contributed by atoms with Crippen molar-refractivity contribution < 1.29 is 9.53 Å². The number of pyridine rings is 1. The molecule has 4 aromatic rings. The van der Waals surface area contributed by atoms with Crippen molar-refractivity contribution >= 4 is 34.6 Å². The SMILES string of the molecule is CCC(=O)Nc1ccc(N2C(=S)N[C@H](c3ccccn3)[C@H]2c2cc(C)n(-c3cc(C)ccc3C)c2C)cc1OC. The summed E-state index contributed by atoms with van der Waals surface area (Å²) in [4.78, 5) is 18.9. The van der Waals surface area contributed by atoms with Gasteiger partial charge in [-0.3, -0.25) is 9.78 Å². The number of methoxy groups -OCH3 is 1. The average Bonchev–Trinajstić information content (AvgIpc) is 3.45. The standard InChI is InChI=1S/C32H35N5O2S/c1-7-29(38)34-25-14-13-23(18-28(25)39-6)37-31(30(35-32(37)40)26-10-8-9-15-33-26)24-17-21(4)36(22(24)5)27-16-19(2)11-12-20(27)3/h8-18,30-31H,7H2,1-6H3,(H,34,38)(H,35,40)/t30-,31-/m1/s1. The van der Waals surface area contributed by atoms with Gasteiger partial charge in [-0.25, -0.2) is 0 Å². The predicted octanol–water partition coefficient (Wildman–Crippen LogP) is 6.64. The Morgan fingerprint density at radius 1 is 1.07 bits per heavy atom. The maximum atomic E-state index is 12.1. The van der Waals surface area contributed by atoms with E-state index < -0.39 is 0 Å². The van der Waals surface area contributed by atoms with Crippen LogP contribution >= 0.6 is 12.2 Å². The maximum Gasteiger partial charge on any atom is 0.224 e. The number of hydrogen-bond acceptors (Lipinski definition) is 4. The normalized spacial score (nSPS) is 16.6. The van der Waals surface area contributed by atoms with Crippen molar-refractivity contribution in [2.24, 2.45) is 0 Å². The van der Waals surface area contributed by atoms with E-state index in [1.54, 1.807) is 7.11 Å². The second kappa shape index (κ2) is 11.1. The van der Waals surface area contributed by atoms with Crippen molar-refractivity contribution in [2.75, 3.05) is 17.3 Å². The zero-order chi connectivity index (χ0) is 28.6. The van der Waals surface area contributed by atoms with Gasteiger partial charge in [0.1, 0.15) is 5.75 Å². The Hall–Kier alpha value is -4.17. The summed E-state index contributed by atoms with van der Waals surface area (Å²) in [6.07, 6.45) is 2.20. The van der Waals surface area contributed by atoms with Crippen LogP contribution in [0.1, 0.15) is 59.2 Å². The largest absolute Gasteiger partial charge is 0.494 e. The molecule has 40 heavy (non-hydrogen) atoms. The van der Waals surface area contributed by atoms with Gasteiger partial charge in [0.2, 0.25) is 5.91 Å². The molecule has 0 aliphatic carbocycles. The molecule has 1 aliphatic rings. The number of hydrogen-bond donors (Lipinski definition) is 2. The van der Waals surface area contributed by atoms with Crippen molar-refractivity contribution in [3.8, 4) is 11.4 Å². The lowest BCUT2D eigenvalue weighted by Gasteiger charge is -2.29. The molecule has 5 rings (SSSR count). The molecule has 8 heteroatoms. The molecule has 0 unspecified atom stereocenters. The summed E-state index contributed by atoms with van der Waals surface area (Å²) in [6.45, 7) is 10.4. The number of rotatable bonds is 7. The van der Waals surface area contributed by atoms with Gasteiger partial charge in [-0.15, -0.1) is 0 Å². The minimum absolute atomic E-state index is 0.0728. The minimum atomic E-state index is -0.174. The predicted molar refractivity (Wildman–Crippen MR) is 165 cm³/mol. The van der Waals surface area contributed by atoms with Crippen LogP contribution in [0.4, 0.5) is 11.4 Å². The molecule has 1 saturated heterocycles. The number of aryl methyl sites for hydroxylation is 3. The fourth-order valence-electron chi connectivity index (χ4n) is 5.54. The minimum Gasteiger partial charge on any atom is -0.494 e. The van der Waals surface area contributed by atoms with Gasteiger partial charge in [-0.2, -0.15) is 0 Å². The van der Waals surface area contributed by atoms with Gasteiger partial charge in [0, 0.05) is 41.4 Å². The van der Waals surface area contributed by atoms with Gasteiger partial charge in [-0.1, -0.05) is 25.1 Å². The molecular weight excluding hydrogens is 518 g/mol. The van der Waals surface area contributed by atoms with Gasteiger partial charge in [0.15, 0.2) is 5.11 Å². The Bertz CT molecular complexity index is 1580. The van der Waals surface area contributed by atoms with E-state index in [0.29, 0.717) is 23.0 Å². The van der Waals surface area contributed by atoms with E-state index in [0.717, 1.165) is 28.3 Å². The zero-order valence-electron chi connectivity index (χ0n) is 23.8. The highest BCUT2D eigenvalue weighted by molar-refractivity contribution is 7.80. The lowest BCUT2D eigenvalue weighted by molar-refractivity contribution is -0.115. The molecular formula is C32H35N5O2S. The molecule has 7 nitrogen and oxygen atoms in total. The third-order valence-electron chi connectivity index (χ3n) is 7.55. The zero-order valence-corrected chi connectivity index (χ0v) is 24.6. The molecule has 206 valence electrons. The fraction of sp³-hybridized carbons (Fsp3) is 0.281. The van der Waals surface area contributed by atoms with E-state index in [1.807, 2.05) is 49.5 Å². The maximum absolute atomic E-state index is 12.1. The molecule has 2 atom stereocenters. The number of carbonyl (C=O) groups excluding carboxylic acids is 1. The van der Waals surface area contributed by atoms with Crippen molar-refractivity contribution in [1.82, 2.24) is 14.9 Å². The average molecular weight is 554 g/mol. The monoisotopic (exact) mass is 553 g/mol. The van der Waals surface area contributed by atoms with Crippen LogP contribution in [0.25, 0.3) is 5.69 Å². The van der Waals surface area contributed by atoms with Crippen molar-refractivity contribution in [1.29, 1.82) is 0 Å². The van der Waals surface area contributed by atoms with Crippen molar-refractivity contribution in [3.05, 3.63) is 101 Å². The van der Waals surface area contributed by atoms with Crippen LogP contribution in [0.2, 0.25) is 0 Å². The van der Waals surface area contributed by atoms with Gasteiger partial charge in [0.25, 0.3) is 0 Å². The van der Waals surface area contributed by atoms with Crippen LogP contribution in [0.15, 0.2) is 66.9 Å². The molecule has 2 N–H and O–H groups in total. The lowest BCUT2D eigenvalue weighted by atomic mass is 9.96. The fourth-order valence-corrected chi connectivity index (χ4v) is 5.88. The highest BCUT2D eigenvalue weighted by atomic mass is 32.1. The first kappa shape index (κ1) is 27.4. The van der Waals surface area contributed by atoms with Crippen LogP contribution < -0.4 is 20.3 Å². The molecule has 0 spiro atoms. The molecule has 1 aliphatic heterocycles. The summed E-state index contributed by atoms with van der Waals surface area (Å²) >= 11 is 5.96. The number of benzene rings is 2. The van der Waals surface area contributed by atoms with Crippen molar-refractivity contribution in [3.63, 3.8) is 0 Å². The highest BCUT2D eigenvalue weighted by Crippen LogP contribution is 2.45. The number of nitrogens with zero attached hydrogens (tertiary/aromatic N) is 3. The van der Waals surface area contributed by atoms with Crippen LogP contribution in [0.5, 0.6) is 5.75 Å². The van der Waals surface area contributed by atoms with Crippen LogP contribution in [-0.2, 0) is 4.79 Å². The second-order valence-corrected chi connectivity index (χ2v) is 10.6. The summed E-state index contributed by atoms with van der Waals surface area (Å²) in [7, 11) is 1.60. The Morgan fingerprint density at radius 3 is 2.58 bits per heavy atom. The van der Waals surface area contributed by atoms with Crippen LogP contribution in [0.3, 0.4) is 0 Å². The molecule has 0 radical (unpaired) electrons. The van der Waals surface area contributed by atoms with E-state index in [2.05, 4.69) is 72.1 Å². The number of carbonyl (C=O) groups is 1. The van der Waals surface area contributed by atoms with Gasteiger partial charge in [-0.05, 0) is 93.0 Å². The number of nitrogens with one attached hydrogen (secondary N) is 2. The quantitative estimate of drug-likeness (QED) is 0.250. The van der Waals surface area contributed by atoms with Gasteiger partial charge in [0.05, 0.1) is 30.6 Å². The third-order valence-corrected chi connectivity index (χ3v) is 7.87. The first-order valence-electron chi connectivity index (χ1n) is 13.5. The number of thiocarbonyl (C=S) groups is 1. The molecule has 0 saturated carbocycles. The Balaban J connectivity index is 1.66. The Morgan fingerprint density at radius 2 is 1.88 bits per heavy atom. The van der Waals surface area contributed by atoms with E-state index >= 15 is 0 Å². The summed E-state index contributed by atoms with van der Waals surface area (Å²) in [6, 6.07) is 20.2. The molecule has 0 bridgehead atoms. The molecule has 1 fully saturated rings. The topological polar surface area (TPSA) is 71.4 Å². The lowest BCUT2D eigenvalue weighted by Crippen LogP contribution is -2.29. The van der Waals surface area contributed by atoms with Crippen LogP contribution in [0, 0.1) is 27.7 Å². The Labute approximate surface area is 241 Å². The van der Waals surface area contributed by atoms with E-state index in [9.17, 15) is 4.79 Å². The summed E-state index contributed by atoms with van der Waals surface area (Å²) in [5, 5.41) is 7.07. The first-order chi connectivity index (χ1) is 19.2. The van der Waals surface area contributed by atoms with E-state index in [1.165, 1.54) is 16.8 Å².